The molecule has 1 aliphatic rings. The Morgan fingerprint density at radius 1 is 0.962 bits per heavy atom. The second-order valence-corrected chi connectivity index (χ2v) is 7.91. The van der Waals surface area contributed by atoms with Crippen molar-refractivity contribution in [2.75, 3.05) is 0 Å². The lowest BCUT2D eigenvalue weighted by molar-refractivity contribution is -0.146. The summed E-state index contributed by atoms with van der Waals surface area (Å²) in [6.07, 6.45) is -1.16. The van der Waals surface area contributed by atoms with Crippen LogP contribution in [0.2, 0.25) is 0 Å². The van der Waals surface area contributed by atoms with Crippen molar-refractivity contribution in [1.82, 2.24) is 0 Å². The summed E-state index contributed by atoms with van der Waals surface area (Å²) in [5.74, 6) is -1.39. The van der Waals surface area contributed by atoms with Gasteiger partial charge in [0.05, 0.1) is 15.3 Å². The molecule has 2 atom stereocenters. The summed E-state index contributed by atoms with van der Waals surface area (Å²) in [5, 5.41) is 1.69. The molecule has 0 amide bonds. The highest BCUT2D eigenvalue weighted by molar-refractivity contribution is 7.16. The summed E-state index contributed by atoms with van der Waals surface area (Å²) in [5.41, 5.74) is 1.16. The van der Waals surface area contributed by atoms with Crippen molar-refractivity contribution in [3.63, 3.8) is 0 Å². The lowest BCUT2D eigenvalue weighted by atomic mass is 9.91. The predicted octanol–water partition coefficient (Wildman–Crippen LogP) is 3.83. The maximum atomic E-state index is 13.0. The number of carbonyl (C=O) groups excluding carboxylic acids is 4. The third-order valence-corrected chi connectivity index (χ3v) is 6.27. The molecular formula is C18H16O6S2. The molecule has 0 fully saturated rings. The van der Waals surface area contributed by atoms with Gasteiger partial charge in [-0.05, 0) is 25.3 Å². The summed E-state index contributed by atoms with van der Waals surface area (Å²) in [7, 11) is 0. The highest BCUT2D eigenvalue weighted by atomic mass is 32.1. The van der Waals surface area contributed by atoms with E-state index in [0.717, 1.165) is 11.3 Å². The lowest BCUT2D eigenvalue weighted by Crippen LogP contribution is -2.19. The normalized spacial score (nSPS) is 15.1. The predicted molar refractivity (Wildman–Crippen MR) is 95.9 cm³/mol. The van der Waals surface area contributed by atoms with E-state index in [9.17, 15) is 19.2 Å². The fourth-order valence-corrected chi connectivity index (χ4v) is 5.06. The number of fused-ring (bicyclic) bond motifs is 2. The standard InChI is InChI=1S/C18H16O6S2/c1-7(23-9(3)19)12-6-25-18-14(12)16(22)17-11(15(18)21)5-13(26-17)8(2)24-10(4)20/h5-8H,1-4H3. The van der Waals surface area contributed by atoms with Gasteiger partial charge >= 0.3 is 11.9 Å². The van der Waals surface area contributed by atoms with Crippen LogP contribution in [0.25, 0.3) is 0 Å². The zero-order valence-electron chi connectivity index (χ0n) is 14.6. The monoisotopic (exact) mass is 392 g/mol. The first-order chi connectivity index (χ1) is 12.2. The molecule has 8 heteroatoms. The lowest BCUT2D eigenvalue weighted by Gasteiger charge is -2.15. The van der Waals surface area contributed by atoms with Gasteiger partial charge in [-0.2, -0.15) is 0 Å². The zero-order chi connectivity index (χ0) is 19.2. The Labute approximate surface area is 157 Å². The van der Waals surface area contributed by atoms with Crippen LogP contribution in [0.4, 0.5) is 0 Å². The molecule has 0 radical (unpaired) electrons. The smallest absolute Gasteiger partial charge is 0.303 e. The average molecular weight is 392 g/mol. The third kappa shape index (κ3) is 3.10. The molecular weight excluding hydrogens is 376 g/mol. The Morgan fingerprint density at radius 3 is 2.19 bits per heavy atom. The van der Waals surface area contributed by atoms with Gasteiger partial charge in [0.2, 0.25) is 11.6 Å². The van der Waals surface area contributed by atoms with Crippen LogP contribution < -0.4 is 0 Å². The average Bonchev–Trinajstić information content (AvgIpc) is 3.16. The number of ether oxygens (including phenoxy) is 2. The molecule has 2 aromatic heterocycles. The quantitative estimate of drug-likeness (QED) is 0.627. The first-order valence-corrected chi connectivity index (χ1v) is 9.59. The molecule has 0 saturated heterocycles. The van der Waals surface area contributed by atoms with Crippen LogP contribution in [0.3, 0.4) is 0 Å². The highest BCUT2D eigenvalue weighted by Crippen LogP contribution is 2.41. The fourth-order valence-electron chi connectivity index (χ4n) is 2.87. The maximum absolute atomic E-state index is 13.0. The molecule has 1 aliphatic carbocycles. The van der Waals surface area contributed by atoms with Crippen molar-refractivity contribution >= 4 is 46.2 Å². The van der Waals surface area contributed by atoms with Gasteiger partial charge < -0.3 is 9.47 Å². The van der Waals surface area contributed by atoms with Crippen molar-refractivity contribution in [1.29, 1.82) is 0 Å². The van der Waals surface area contributed by atoms with E-state index in [2.05, 4.69) is 0 Å². The minimum atomic E-state index is -0.620. The Bertz CT molecular complexity index is 932. The second kappa shape index (κ2) is 6.77. The van der Waals surface area contributed by atoms with Crippen LogP contribution in [0, 0.1) is 0 Å². The molecule has 0 saturated carbocycles. The molecule has 136 valence electrons. The van der Waals surface area contributed by atoms with E-state index in [-0.39, 0.29) is 11.6 Å². The topological polar surface area (TPSA) is 86.7 Å². The van der Waals surface area contributed by atoms with E-state index < -0.39 is 24.1 Å². The van der Waals surface area contributed by atoms with Gasteiger partial charge in [-0.15, -0.1) is 22.7 Å². The summed E-state index contributed by atoms with van der Waals surface area (Å²) in [4.78, 5) is 49.5. The number of carbonyl (C=O) groups is 4. The number of thiophene rings is 2. The number of rotatable bonds is 4. The number of ketones is 2. The summed E-state index contributed by atoms with van der Waals surface area (Å²) < 4.78 is 10.3. The van der Waals surface area contributed by atoms with Crippen LogP contribution >= 0.6 is 22.7 Å². The van der Waals surface area contributed by atoms with E-state index in [0.29, 0.717) is 31.3 Å². The Morgan fingerprint density at radius 2 is 1.58 bits per heavy atom. The maximum Gasteiger partial charge on any atom is 0.303 e. The molecule has 6 nitrogen and oxygen atoms in total. The Balaban J connectivity index is 2.02. The van der Waals surface area contributed by atoms with Crippen LogP contribution in [0.5, 0.6) is 0 Å². The summed E-state index contributed by atoms with van der Waals surface area (Å²) in [6, 6.07) is 1.62. The van der Waals surface area contributed by atoms with E-state index in [4.69, 9.17) is 9.47 Å². The minimum absolute atomic E-state index is 0.238. The van der Waals surface area contributed by atoms with Gasteiger partial charge in [0.15, 0.2) is 0 Å². The molecule has 0 bridgehead atoms. The molecule has 2 aromatic rings. The largest absolute Gasteiger partial charge is 0.458 e. The van der Waals surface area contributed by atoms with Gasteiger partial charge in [-0.25, -0.2) is 0 Å². The number of esters is 2. The van der Waals surface area contributed by atoms with Gasteiger partial charge in [0.1, 0.15) is 12.2 Å². The van der Waals surface area contributed by atoms with E-state index >= 15 is 0 Å². The molecule has 0 aromatic carbocycles. The second-order valence-electron chi connectivity index (χ2n) is 5.95. The van der Waals surface area contributed by atoms with Crippen LogP contribution in [-0.2, 0) is 19.1 Å². The van der Waals surface area contributed by atoms with Crippen molar-refractivity contribution in [3.05, 3.63) is 42.8 Å². The van der Waals surface area contributed by atoms with Crippen molar-refractivity contribution in [2.45, 2.75) is 39.9 Å². The van der Waals surface area contributed by atoms with Gasteiger partial charge in [-0.1, -0.05) is 0 Å². The first kappa shape index (κ1) is 18.5. The summed E-state index contributed by atoms with van der Waals surface area (Å²) in [6.45, 7) is 5.96. The minimum Gasteiger partial charge on any atom is -0.458 e. The molecule has 0 spiro atoms. The zero-order valence-corrected chi connectivity index (χ0v) is 16.2. The van der Waals surface area contributed by atoms with Gasteiger partial charge in [0, 0.05) is 29.9 Å². The Kier molecular flexibility index (Phi) is 4.81. The SMILES string of the molecule is CC(=O)OC(C)c1cc2c(s1)C(=O)c1c(C(C)OC(C)=O)csc1C2=O. The van der Waals surface area contributed by atoms with Crippen molar-refractivity contribution < 1.29 is 28.7 Å². The van der Waals surface area contributed by atoms with E-state index in [1.165, 1.54) is 25.2 Å². The van der Waals surface area contributed by atoms with Crippen molar-refractivity contribution in [3.8, 4) is 0 Å². The number of hydrogen-bond donors (Lipinski definition) is 0. The molecule has 3 rings (SSSR count). The van der Waals surface area contributed by atoms with Crippen LogP contribution in [0.1, 0.15) is 80.8 Å². The van der Waals surface area contributed by atoms with Gasteiger partial charge in [0.25, 0.3) is 0 Å². The van der Waals surface area contributed by atoms with Crippen molar-refractivity contribution in [2.24, 2.45) is 0 Å². The Hall–Kier alpha value is -2.32. The molecule has 2 unspecified atom stereocenters. The molecule has 0 aliphatic heterocycles. The fraction of sp³-hybridized carbons (Fsp3) is 0.333. The van der Waals surface area contributed by atoms with Crippen LogP contribution in [0.15, 0.2) is 11.4 Å². The molecule has 0 N–H and O–H groups in total. The first-order valence-electron chi connectivity index (χ1n) is 7.89. The van der Waals surface area contributed by atoms with E-state index in [1.807, 2.05) is 0 Å². The van der Waals surface area contributed by atoms with E-state index in [1.54, 1.807) is 25.3 Å². The van der Waals surface area contributed by atoms with Gasteiger partial charge in [-0.3, -0.25) is 19.2 Å². The summed E-state index contributed by atoms with van der Waals surface area (Å²) >= 11 is 2.32. The molecule has 26 heavy (non-hydrogen) atoms. The third-order valence-electron chi connectivity index (χ3n) is 3.98. The molecule has 2 heterocycles. The van der Waals surface area contributed by atoms with Crippen LogP contribution in [-0.4, -0.2) is 23.5 Å². The highest BCUT2D eigenvalue weighted by Gasteiger charge is 2.37. The number of hydrogen-bond acceptors (Lipinski definition) is 8.